The van der Waals surface area contributed by atoms with Crippen LogP contribution in [0.3, 0.4) is 0 Å². The van der Waals surface area contributed by atoms with Crippen LogP contribution in [0.15, 0.2) is 48.5 Å². The van der Waals surface area contributed by atoms with Gasteiger partial charge >= 0.3 is 5.97 Å². The highest BCUT2D eigenvalue weighted by atomic mass is 16.4. The number of hydrogen-bond acceptors (Lipinski definition) is 2. The van der Waals surface area contributed by atoms with E-state index in [1.807, 2.05) is 31.2 Å². The van der Waals surface area contributed by atoms with Crippen LogP contribution in [0.5, 0.6) is 0 Å². The minimum Gasteiger partial charge on any atom is -0.478 e. The van der Waals surface area contributed by atoms with Crippen LogP contribution in [0.25, 0.3) is 0 Å². The van der Waals surface area contributed by atoms with E-state index in [2.05, 4.69) is 6.92 Å². The lowest BCUT2D eigenvalue weighted by Gasteiger charge is -2.23. The molecule has 0 spiro atoms. The maximum atomic E-state index is 12.8. The Morgan fingerprint density at radius 3 is 2.04 bits per heavy atom. The molecule has 0 radical (unpaired) electrons. The molecular formula is C19H21NO3. The van der Waals surface area contributed by atoms with Crippen LogP contribution in [-0.2, 0) is 0 Å². The van der Waals surface area contributed by atoms with Crippen LogP contribution in [-0.4, -0.2) is 23.5 Å². The van der Waals surface area contributed by atoms with E-state index in [0.29, 0.717) is 17.8 Å². The molecule has 0 aliphatic carbocycles. The molecule has 1 N–H and O–H groups in total. The Morgan fingerprint density at radius 2 is 1.52 bits per heavy atom. The normalized spacial score (nSPS) is 10.3. The summed E-state index contributed by atoms with van der Waals surface area (Å²) in [5.41, 5.74) is 2.67. The van der Waals surface area contributed by atoms with Crippen molar-refractivity contribution in [2.75, 3.05) is 11.4 Å². The van der Waals surface area contributed by atoms with Crippen LogP contribution >= 0.6 is 0 Å². The van der Waals surface area contributed by atoms with Crippen LogP contribution in [0.1, 0.15) is 46.0 Å². The molecule has 120 valence electrons. The monoisotopic (exact) mass is 311 g/mol. The third-order valence-electron chi connectivity index (χ3n) is 3.70. The molecule has 0 heterocycles. The maximum Gasteiger partial charge on any atom is 0.335 e. The average Bonchev–Trinajstić information content (AvgIpc) is 2.56. The predicted octanol–water partition coefficient (Wildman–Crippen LogP) is 4.14. The molecule has 2 rings (SSSR count). The number of rotatable bonds is 6. The number of anilines is 1. The standard InChI is InChI=1S/C19H21NO3/c1-3-4-13-20(17-11-9-16(10-12-17)19(22)23)18(21)15-7-5-14(2)6-8-15/h5-12H,3-4,13H2,1-2H3,(H,22,23). The van der Waals surface area contributed by atoms with Gasteiger partial charge in [0.15, 0.2) is 0 Å². The molecule has 0 aliphatic rings. The highest BCUT2D eigenvalue weighted by molar-refractivity contribution is 6.06. The second kappa shape index (κ2) is 7.58. The first kappa shape index (κ1) is 16.7. The van der Waals surface area contributed by atoms with E-state index in [9.17, 15) is 9.59 Å². The quantitative estimate of drug-likeness (QED) is 0.872. The second-order valence-electron chi connectivity index (χ2n) is 5.53. The minimum absolute atomic E-state index is 0.0680. The number of carbonyl (C=O) groups excluding carboxylic acids is 1. The summed E-state index contributed by atoms with van der Waals surface area (Å²) in [6, 6.07) is 13.9. The highest BCUT2D eigenvalue weighted by Crippen LogP contribution is 2.19. The number of amides is 1. The van der Waals surface area contributed by atoms with Crippen LogP contribution in [0, 0.1) is 6.92 Å². The van der Waals surface area contributed by atoms with E-state index < -0.39 is 5.97 Å². The number of carbonyl (C=O) groups is 2. The van der Waals surface area contributed by atoms with Crippen molar-refractivity contribution in [3.8, 4) is 0 Å². The number of carboxylic acid groups (broad SMARTS) is 1. The third kappa shape index (κ3) is 4.19. The number of hydrogen-bond donors (Lipinski definition) is 1. The number of unbranched alkanes of at least 4 members (excludes halogenated alkanes) is 1. The molecule has 0 fully saturated rings. The smallest absolute Gasteiger partial charge is 0.335 e. The zero-order valence-corrected chi connectivity index (χ0v) is 13.5. The molecule has 1 amide bonds. The topological polar surface area (TPSA) is 57.6 Å². The van der Waals surface area contributed by atoms with Crippen LogP contribution in [0.4, 0.5) is 5.69 Å². The molecule has 0 aromatic heterocycles. The van der Waals surface area contributed by atoms with Gasteiger partial charge in [0.1, 0.15) is 0 Å². The van der Waals surface area contributed by atoms with Crippen LogP contribution in [0.2, 0.25) is 0 Å². The van der Waals surface area contributed by atoms with Gasteiger partial charge in [-0.05, 0) is 49.7 Å². The van der Waals surface area contributed by atoms with Crippen molar-refractivity contribution in [1.82, 2.24) is 0 Å². The molecular weight excluding hydrogens is 290 g/mol. The zero-order valence-electron chi connectivity index (χ0n) is 13.5. The number of benzene rings is 2. The number of nitrogens with zero attached hydrogens (tertiary/aromatic N) is 1. The molecule has 0 atom stereocenters. The predicted molar refractivity (Wildman–Crippen MR) is 91.2 cm³/mol. The minimum atomic E-state index is -0.971. The molecule has 0 saturated heterocycles. The van der Waals surface area contributed by atoms with E-state index in [0.717, 1.165) is 18.4 Å². The Morgan fingerprint density at radius 1 is 0.957 bits per heavy atom. The Bertz CT molecular complexity index is 675. The van der Waals surface area contributed by atoms with Crippen molar-refractivity contribution in [2.24, 2.45) is 0 Å². The largest absolute Gasteiger partial charge is 0.478 e. The van der Waals surface area contributed by atoms with Gasteiger partial charge < -0.3 is 10.0 Å². The first-order valence-corrected chi connectivity index (χ1v) is 7.75. The van der Waals surface area contributed by atoms with Crippen molar-refractivity contribution < 1.29 is 14.7 Å². The molecule has 0 bridgehead atoms. The number of aromatic carboxylic acids is 1. The fourth-order valence-electron chi connectivity index (χ4n) is 2.30. The SMILES string of the molecule is CCCCN(C(=O)c1ccc(C)cc1)c1ccc(C(=O)O)cc1. The summed E-state index contributed by atoms with van der Waals surface area (Å²) in [5.74, 6) is -1.04. The zero-order chi connectivity index (χ0) is 16.8. The van der Waals surface area contributed by atoms with Gasteiger partial charge in [-0.3, -0.25) is 4.79 Å². The van der Waals surface area contributed by atoms with Gasteiger partial charge in [0, 0.05) is 17.8 Å². The molecule has 23 heavy (non-hydrogen) atoms. The maximum absolute atomic E-state index is 12.8. The van der Waals surface area contributed by atoms with Gasteiger partial charge in [0.25, 0.3) is 5.91 Å². The average molecular weight is 311 g/mol. The summed E-state index contributed by atoms with van der Waals surface area (Å²) in [6.07, 6.45) is 1.86. The van der Waals surface area contributed by atoms with E-state index in [1.54, 1.807) is 17.0 Å². The van der Waals surface area contributed by atoms with Gasteiger partial charge in [-0.25, -0.2) is 4.79 Å². The Hall–Kier alpha value is -2.62. The van der Waals surface area contributed by atoms with Gasteiger partial charge in [-0.15, -0.1) is 0 Å². The summed E-state index contributed by atoms with van der Waals surface area (Å²) in [4.78, 5) is 25.5. The van der Waals surface area contributed by atoms with Crippen molar-refractivity contribution in [2.45, 2.75) is 26.7 Å². The van der Waals surface area contributed by atoms with Crippen molar-refractivity contribution in [1.29, 1.82) is 0 Å². The fourth-order valence-corrected chi connectivity index (χ4v) is 2.30. The molecule has 4 nitrogen and oxygen atoms in total. The van der Waals surface area contributed by atoms with Crippen molar-refractivity contribution >= 4 is 17.6 Å². The third-order valence-corrected chi connectivity index (χ3v) is 3.70. The molecule has 2 aromatic carbocycles. The van der Waals surface area contributed by atoms with E-state index >= 15 is 0 Å². The van der Waals surface area contributed by atoms with Crippen molar-refractivity contribution in [3.05, 3.63) is 65.2 Å². The highest BCUT2D eigenvalue weighted by Gasteiger charge is 2.17. The Kier molecular flexibility index (Phi) is 5.52. The van der Waals surface area contributed by atoms with Crippen LogP contribution < -0.4 is 4.90 Å². The Labute approximate surface area is 136 Å². The summed E-state index contributed by atoms with van der Waals surface area (Å²) >= 11 is 0. The lowest BCUT2D eigenvalue weighted by molar-refractivity contribution is 0.0696. The van der Waals surface area contributed by atoms with Gasteiger partial charge in [-0.1, -0.05) is 31.0 Å². The van der Waals surface area contributed by atoms with E-state index in [1.165, 1.54) is 12.1 Å². The lowest BCUT2D eigenvalue weighted by Crippen LogP contribution is -2.31. The molecule has 4 heteroatoms. The molecule has 2 aromatic rings. The fraction of sp³-hybridized carbons (Fsp3) is 0.263. The van der Waals surface area contributed by atoms with E-state index in [-0.39, 0.29) is 11.5 Å². The number of aryl methyl sites for hydroxylation is 1. The lowest BCUT2D eigenvalue weighted by atomic mass is 10.1. The molecule has 0 saturated carbocycles. The first-order valence-electron chi connectivity index (χ1n) is 7.75. The second-order valence-corrected chi connectivity index (χ2v) is 5.53. The van der Waals surface area contributed by atoms with E-state index in [4.69, 9.17) is 5.11 Å². The summed E-state index contributed by atoms with van der Waals surface area (Å²) in [7, 11) is 0. The van der Waals surface area contributed by atoms with Crippen molar-refractivity contribution in [3.63, 3.8) is 0 Å². The number of carboxylic acids is 1. The van der Waals surface area contributed by atoms with Gasteiger partial charge in [0.2, 0.25) is 0 Å². The molecule has 0 unspecified atom stereocenters. The Balaban J connectivity index is 2.30. The molecule has 0 aliphatic heterocycles. The van der Waals surface area contributed by atoms with Gasteiger partial charge in [0.05, 0.1) is 5.56 Å². The summed E-state index contributed by atoms with van der Waals surface area (Å²) in [6.45, 7) is 4.66. The van der Waals surface area contributed by atoms with Gasteiger partial charge in [-0.2, -0.15) is 0 Å². The summed E-state index contributed by atoms with van der Waals surface area (Å²) < 4.78 is 0. The first-order chi connectivity index (χ1) is 11.0. The summed E-state index contributed by atoms with van der Waals surface area (Å²) in [5, 5.41) is 8.99.